The summed E-state index contributed by atoms with van der Waals surface area (Å²) in [5, 5.41) is 23.8. The molecule has 2 aliphatic heterocycles. The number of hydrogen-bond acceptors (Lipinski definition) is 8. The van der Waals surface area contributed by atoms with Gasteiger partial charge in [0.05, 0.1) is 28.4 Å². The van der Waals surface area contributed by atoms with E-state index in [1.165, 1.54) is 6.33 Å². The molecule has 4 N–H and O–H groups in total. The van der Waals surface area contributed by atoms with Gasteiger partial charge in [-0.3, -0.25) is 0 Å². The first-order valence-corrected chi connectivity index (χ1v) is 11.4. The monoisotopic (exact) mass is 511 g/mol. The maximum Gasteiger partial charge on any atom is 0.164 e. The molecule has 170 valence electrons. The Hall–Kier alpha value is -2.63. The molecule has 1 spiro atoms. The quantitative estimate of drug-likeness (QED) is 0.374. The van der Waals surface area contributed by atoms with Crippen LogP contribution in [0.2, 0.25) is 0 Å². The van der Waals surface area contributed by atoms with Gasteiger partial charge >= 0.3 is 0 Å². The Bertz CT molecular complexity index is 1390. The zero-order chi connectivity index (χ0) is 22.9. The van der Waals surface area contributed by atoms with Gasteiger partial charge in [0.15, 0.2) is 6.23 Å². The number of benzene rings is 1. The molecule has 4 aromatic rings. The molecule has 33 heavy (non-hydrogen) atoms. The number of aromatic nitrogens is 4. The number of rotatable bonds is 2. The van der Waals surface area contributed by atoms with Crippen molar-refractivity contribution in [2.45, 2.75) is 43.5 Å². The Labute approximate surface area is 197 Å². The molecular weight excluding hydrogens is 490 g/mol. The second-order valence-corrected chi connectivity index (χ2v) is 9.59. The Morgan fingerprint density at radius 1 is 1.21 bits per heavy atom. The summed E-state index contributed by atoms with van der Waals surface area (Å²) in [5.41, 5.74) is 8.07. The lowest BCUT2D eigenvalue weighted by atomic mass is 9.90. The minimum Gasteiger partial charge on any atom is -0.387 e. The van der Waals surface area contributed by atoms with Crippen LogP contribution in [0.1, 0.15) is 30.0 Å². The smallest absolute Gasteiger partial charge is 0.164 e. The van der Waals surface area contributed by atoms with Crippen LogP contribution in [0.5, 0.6) is 0 Å². The zero-order valence-electron chi connectivity index (χ0n) is 17.7. The third kappa shape index (κ3) is 3.17. The summed E-state index contributed by atoms with van der Waals surface area (Å²) in [4.78, 5) is 13.0. The van der Waals surface area contributed by atoms with Gasteiger partial charge in [-0.25, -0.2) is 15.0 Å². The number of hydrogen-bond donors (Lipinski definition) is 3. The van der Waals surface area contributed by atoms with Crippen molar-refractivity contribution >= 4 is 43.7 Å². The van der Waals surface area contributed by atoms with E-state index in [1.807, 2.05) is 37.3 Å². The van der Waals surface area contributed by atoms with E-state index in [0.29, 0.717) is 17.9 Å². The van der Waals surface area contributed by atoms with Crippen LogP contribution < -0.4 is 5.73 Å². The molecule has 3 aromatic heterocycles. The second-order valence-electron chi connectivity index (χ2n) is 8.74. The van der Waals surface area contributed by atoms with Gasteiger partial charge in [-0.05, 0) is 46.6 Å². The van der Waals surface area contributed by atoms with Crippen molar-refractivity contribution in [3.05, 3.63) is 58.6 Å². The molecule has 2 fully saturated rings. The van der Waals surface area contributed by atoms with Gasteiger partial charge in [0, 0.05) is 23.4 Å². The van der Waals surface area contributed by atoms with Crippen LogP contribution in [-0.4, -0.2) is 54.1 Å². The maximum absolute atomic E-state index is 11.0. The minimum atomic E-state index is -1.13. The molecule has 0 amide bonds. The summed E-state index contributed by atoms with van der Waals surface area (Å²) in [6.07, 6.45) is 0.336. The van der Waals surface area contributed by atoms with Crippen LogP contribution in [0.25, 0.3) is 21.9 Å². The highest BCUT2D eigenvalue weighted by Gasteiger charge is 2.59. The van der Waals surface area contributed by atoms with Crippen LogP contribution in [0.15, 0.2) is 47.3 Å². The van der Waals surface area contributed by atoms with Crippen molar-refractivity contribution in [2.24, 2.45) is 0 Å². The van der Waals surface area contributed by atoms with E-state index in [1.54, 1.807) is 10.8 Å². The number of halogens is 1. The Morgan fingerprint density at radius 2 is 2.06 bits per heavy atom. The van der Waals surface area contributed by atoms with Crippen LogP contribution in [0, 0.1) is 6.92 Å². The summed E-state index contributed by atoms with van der Waals surface area (Å²) in [6.45, 7) is 2.06. The fraction of sp³-hybridized carbons (Fsp3) is 0.348. The van der Waals surface area contributed by atoms with Crippen molar-refractivity contribution in [3.8, 4) is 0 Å². The number of ether oxygens (including phenoxy) is 2. The van der Waals surface area contributed by atoms with E-state index in [-0.39, 0.29) is 12.7 Å². The zero-order valence-corrected chi connectivity index (χ0v) is 19.3. The molecule has 5 atom stereocenters. The molecule has 2 aliphatic rings. The van der Waals surface area contributed by atoms with Crippen molar-refractivity contribution in [1.29, 1.82) is 0 Å². The predicted octanol–water partition coefficient (Wildman–Crippen LogP) is 2.78. The van der Waals surface area contributed by atoms with E-state index < -0.39 is 24.0 Å². The SMILES string of the molecule is Cc1ncnc2c1ccn2C1OC2(COC(c3ccc4cc(Br)c(N)nc4c3)C2)C(O)C1O. The molecule has 2 saturated heterocycles. The Morgan fingerprint density at radius 3 is 2.91 bits per heavy atom. The summed E-state index contributed by atoms with van der Waals surface area (Å²) in [6, 6.07) is 9.70. The minimum absolute atomic E-state index is 0.160. The number of aryl methyl sites for hydroxylation is 1. The Balaban J connectivity index is 1.30. The molecule has 0 radical (unpaired) electrons. The van der Waals surface area contributed by atoms with E-state index in [9.17, 15) is 10.2 Å². The summed E-state index contributed by atoms with van der Waals surface area (Å²) < 4.78 is 14.9. The summed E-state index contributed by atoms with van der Waals surface area (Å²) in [5.74, 6) is 0.418. The van der Waals surface area contributed by atoms with Crippen LogP contribution in [0.3, 0.4) is 0 Å². The number of nitrogen functional groups attached to an aromatic ring is 1. The molecule has 10 heteroatoms. The topological polar surface area (TPSA) is 129 Å². The highest BCUT2D eigenvalue weighted by Crippen LogP contribution is 2.48. The number of pyridine rings is 1. The number of aliphatic hydroxyl groups is 2. The van der Waals surface area contributed by atoms with Gasteiger partial charge in [-0.2, -0.15) is 0 Å². The van der Waals surface area contributed by atoms with Crippen LogP contribution >= 0.6 is 15.9 Å². The third-order valence-corrected chi connectivity index (χ3v) is 7.38. The number of fused-ring (bicyclic) bond motifs is 2. The maximum atomic E-state index is 11.0. The van der Waals surface area contributed by atoms with E-state index in [4.69, 9.17) is 15.2 Å². The summed E-state index contributed by atoms with van der Waals surface area (Å²) in [7, 11) is 0. The normalized spacial score (nSPS) is 29.6. The van der Waals surface area contributed by atoms with E-state index in [2.05, 4.69) is 30.9 Å². The highest BCUT2D eigenvalue weighted by molar-refractivity contribution is 9.10. The molecule has 0 saturated carbocycles. The molecule has 5 unspecified atom stereocenters. The average molecular weight is 512 g/mol. The van der Waals surface area contributed by atoms with Gasteiger partial charge in [0.2, 0.25) is 0 Å². The van der Waals surface area contributed by atoms with Gasteiger partial charge in [0.1, 0.15) is 35.6 Å². The summed E-state index contributed by atoms with van der Waals surface area (Å²) >= 11 is 3.40. The van der Waals surface area contributed by atoms with Gasteiger partial charge in [-0.1, -0.05) is 12.1 Å². The lowest BCUT2D eigenvalue weighted by molar-refractivity contribution is -0.103. The standard InChI is InChI=1S/C23H22BrN5O4/c1-11-14-4-5-29(21(14)27-10-26-11)22-18(30)19(31)23(33-22)8-17(32-9-23)13-3-2-12-6-15(24)20(25)28-16(12)7-13/h2-7,10,17-19,22,30-31H,8-9H2,1H3,(H2,25,28). The van der Waals surface area contributed by atoms with Gasteiger partial charge in [-0.15, -0.1) is 0 Å². The van der Waals surface area contributed by atoms with Gasteiger partial charge in [0.25, 0.3) is 0 Å². The van der Waals surface area contributed by atoms with Crippen LogP contribution in [-0.2, 0) is 9.47 Å². The first-order valence-electron chi connectivity index (χ1n) is 10.7. The molecule has 6 rings (SSSR count). The third-order valence-electron chi connectivity index (χ3n) is 6.75. The molecule has 5 heterocycles. The fourth-order valence-corrected chi connectivity index (χ4v) is 5.26. The van der Waals surface area contributed by atoms with Crippen LogP contribution in [0.4, 0.5) is 5.82 Å². The lowest BCUT2D eigenvalue weighted by Gasteiger charge is -2.25. The van der Waals surface area contributed by atoms with Crippen molar-refractivity contribution in [2.75, 3.05) is 12.3 Å². The van der Waals surface area contributed by atoms with E-state index in [0.717, 1.165) is 32.0 Å². The number of anilines is 1. The van der Waals surface area contributed by atoms with E-state index >= 15 is 0 Å². The first-order chi connectivity index (χ1) is 15.9. The van der Waals surface area contributed by atoms with Crippen molar-refractivity contribution in [3.63, 3.8) is 0 Å². The van der Waals surface area contributed by atoms with Crippen molar-refractivity contribution in [1.82, 2.24) is 19.5 Å². The number of nitrogens with two attached hydrogens (primary N) is 1. The molecule has 0 bridgehead atoms. The number of nitrogens with zero attached hydrogens (tertiary/aromatic N) is 4. The molecule has 9 nitrogen and oxygen atoms in total. The second kappa shape index (κ2) is 7.44. The highest BCUT2D eigenvalue weighted by atomic mass is 79.9. The largest absolute Gasteiger partial charge is 0.387 e. The Kier molecular flexibility index (Phi) is 4.72. The molecular formula is C23H22BrN5O4. The first kappa shape index (κ1) is 20.9. The average Bonchev–Trinajstić information content (AvgIpc) is 3.48. The predicted molar refractivity (Wildman–Crippen MR) is 124 cm³/mol. The lowest BCUT2D eigenvalue weighted by Crippen LogP contribution is -2.43. The van der Waals surface area contributed by atoms with Crippen molar-refractivity contribution < 1.29 is 19.7 Å². The fourth-order valence-electron chi connectivity index (χ4n) is 4.92. The number of aliphatic hydroxyl groups excluding tert-OH is 2. The van der Waals surface area contributed by atoms with Gasteiger partial charge < -0.3 is 30.0 Å². The molecule has 0 aliphatic carbocycles. The molecule has 1 aromatic carbocycles.